The van der Waals surface area contributed by atoms with E-state index in [4.69, 9.17) is 19.9 Å². The van der Waals surface area contributed by atoms with Crippen molar-refractivity contribution in [1.82, 2.24) is 9.88 Å². The zero-order chi connectivity index (χ0) is 21.3. The van der Waals surface area contributed by atoms with Gasteiger partial charge in [0.1, 0.15) is 25.7 Å². The summed E-state index contributed by atoms with van der Waals surface area (Å²) < 4.78 is 17.5. The molecule has 2 N–H and O–H groups in total. The number of carbonyl (C=O) groups is 2. The minimum absolute atomic E-state index is 0.0372. The second-order valence-electron chi connectivity index (χ2n) is 7.42. The molecule has 0 unspecified atom stereocenters. The van der Waals surface area contributed by atoms with E-state index in [1.54, 1.807) is 30.2 Å². The molecule has 8 nitrogen and oxygen atoms in total. The number of benzene rings is 1. The summed E-state index contributed by atoms with van der Waals surface area (Å²) in [4.78, 5) is 30.5. The summed E-state index contributed by atoms with van der Waals surface area (Å²) in [5, 5.41) is 1.37. The van der Waals surface area contributed by atoms with Crippen molar-refractivity contribution >= 4 is 22.6 Å². The Balaban J connectivity index is 1.83. The number of rotatable bonds is 1. The maximum atomic E-state index is 12.4. The molecule has 30 heavy (non-hydrogen) atoms. The Bertz CT molecular complexity index is 1070. The van der Waals surface area contributed by atoms with Gasteiger partial charge < -0.3 is 24.8 Å². The van der Waals surface area contributed by atoms with Gasteiger partial charge in [-0.1, -0.05) is 12.8 Å². The van der Waals surface area contributed by atoms with Crippen molar-refractivity contribution in [2.24, 2.45) is 11.7 Å². The lowest BCUT2D eigenvalue weighted by atomic mass is 10.0. The highest BCUT2D eigenvalue weighted by Gasteiger charge is 2.38. The first-order valence-corrected chi connectivity index (χ1v) is 9.81. The van der Waals surface area contributed by atoms with Crippen LogP contribution < -0.4 is 15.2 Å². The number of hydrogen-bond donors (Lipinski definition) is 1. The Labute approximate surface area is 174 Å². The Kier molecular flexibility index (Phi) is 5.46. The standard InChI is InChI=1S/C22H23N3O5/c1-3-4-14-10-24-22-16-9-19(17(21(23)27)8-15(14)16)29-6-5-28-12-25-18(11-30-22)13(2)7-20(25)26/h8-10,13,18H,5-7,11-12H2,1-2H3,(H2,23,27)/t13-,18-/m1/s1. The third-order valence-corrected chi connectivity index (χ3v) is 5.46. The van der Waals surface area contributed by atoms with Gasteiger partial charge in [0.15, 0.2) is 0 Å². The molecule has 8 heteroatoms. The first-order valence-electron chi connectivity index (χ1n) is 9.81. The van der Waals surface area contributed by atoms with Gasteiger partial charge in [0.2, 0.25) is 11.8 Å². The fraction of sp³-hybridized carbons (Fsp3) is 0.409. The summed E-state index contributed by atoms with van der Waals surface area (Å²) in [5.74, 6) is 6.14. The highest BCUT2D eigenvalue weighted by atomic mass is 16.5. The lowest BCUT2D eigenvalue weighted by Gasteiger charge is -2.26. The number of nitrogens with zero attached hydrogens (tertiary/aromatic N) is 2. The summed E-state index contributed by atoms with van der Waals surface area (Å²) >= 11 is 0. The van der Waals surface area contributed by atoms with E-state index >= 15 is 0 Å². The van der Waals surface area contributed by atoms with Crippen LogP contribution in [0.5, 0.6) is 11.6 Å². The predicted molar refractivity (Wildman–Crippen MR) is 109 cm³/mol. The molecule has 2 bridgehead atoms. The molecule has 2 amide bonds. The number of ether oxygens (including phenoxy) is 3. The minimum atomic E-state index is -0.605. The van der Waals surface area contributed by atoms with E-state index in [9.17, 15) is 9.59 Å². The maximum absolute atomic E-state index is 12.4. The van der Waals surface area contributed by atoms with Crippen LogP contribution in [0.1, 0.15) is 36.2 Å². The molecule has 2 atom stereocenters. The first kappa shape index (κ1) is 20.0. The van der Waals surface area contributed by atoms with Gasteiger partial charge in [-0.3, -0.25) is 9.59 Å². The van der Waals surface area contributed by atoms with E-state index < -0.39 is 5.91 Å². The smallest absolute Gasteiger partial charge is 0.252 e. The van der Waals surface area contributed by atoms with Gasteiger partial charge in [0, 0.05) is 23.4 Å². The van der Waals surface area contributed by atoms with Crippen LogP contribution in [0.15, 0.2) is 18.3 Å². The van der Waals surface area contributed by atoms with Gasteiger partial charge in [-0.25, -0.2) is 4.98 Å². The lowest BCUT2D eigenvalue weighted by Crippen LogP contribution is -2.41. The molecule has 3 heterocycles. The van der Waals surface area contributed by atoms with Crippen LogP contribution in [0, 0.1) is 17.8 Å². The molecule has 0 saturated carbocycles. The molecular formula is C22H23N3O5. The quantitative estimate of drug-likeness (QED) is 0.719. The summed E-state index contributed by atoms with van der Waals surface area (Å²) in [5.41, 5.74) is 6.49. The zero-order valence-corrected chi connectivity index (χ0v) is 16.9. The van der Waals surface area contributed by atoms with Crippen molar-refractivity contribution in [3.8, 4) is 23.5 Å². The molecule has 1 aromatic carbocycles. The van der Waals surface area contributed by atoms with Gasteiger partial charge in [0.25, 0.3) is 5.91 Å². The highest BCUT2D eigenvalue weighted by Crippen LogP contribution is 2.34. The largest absolute Gasteiger partial charge is 0.490 e. The normalized spacial score (nSPS) is 21.4. The van der Waals surface area contributed by atoms with Crippen LogP contribution in [0.3, 0.4) is 0 Å². The second-order valence-corrected chi connectivity index (χ2v) is 7.42. The zero-order valence-electron chi connectivity index (χ0n) is 16.9. The molecule has 2 aliphatic heterocycles. The van der Waals surface area contributed by atoms with Gasteiger partial charge in [-0.2, -0.15) is 0 Å². The van der Waals surface area contributed by atoms with Gasteiger partial charge in [0.05, 0.1) is 23.8 Å². The van der Waals surface area contributed by atoms with E-state index in [0.29, 0.717) is 34.4 Å². The van der Waals surface area contributed by atoms with Crippen LogP contribution in [-0.4, -0.2) is 54.3 Å². The number of hydrogen-bond acceptors (Lipinski definition) is 6. The minimum Gasteiger partial charge on any atom is -0.490 e. The molecule has 0 spiro atoms. The summed E-state index contributed by atoms with van der Waals surface area (Å²) in [6.45, 7) is 4.65. The number of fused-ring (bicyclic) bond motifs is 2. The van der Waals surface area contributed by atoms with Crippen molar-refractivity contribution < 1.29 is 23.8 Å². The number of amides is 2. The van der Waals surface area contributed by atoms with E-state index in [-0.39, 0.29) is 50.0 Å². The van der Waals surface area contributed by atoms with E-state index in [2.05, 4.69) is 16.8 Å². The number of primary amides is 1. The van der Waals surface area contributed by atoms with Crippen LogP contribution >= 0.6 is 0 Å². The number of carbonyl (C=O) groups excluding carboxylic acids is 2. The van der Waals surface area contributed by atoms with Crippen LogP contribution in [0.25, 0.3) is 10.8 Å². The fourth-order valence-electron chi connectivity index (χ4n) is 3.88. The Morgan fingerprint density at radius 3 is 2.87 bits per heavy atom. The average molecular weight is 409 g/mol. The number of nitrogens with two attached hydrogens (primary N) is 1. The predicted octanol–water partition coefficient (Wildman–Crippen LogP) is 1.69. The van der Waals surface area contributed by atoms with Crippen molar-refractivity contribution in [3.63, 3.8) is 0 Å². The summed E-state index contributed by atoms with van der Waals surface area (Å²) in [6.07, 6.45) is 2.07. The van der Waals surface area contributed by atoms with E-state index in [1.165, 1.54) is 0 Å². The molecule has 4 rings (SSSR count). The van der Waals surface area contributed by atoms with Crippen molar-refractivity contribution in [1.29, 1.82) is 0 Å². The molecule has 2 aromatic rings. The topological polar surface area (TPSA) is 104 Å². The first-order chi connectivity index (χ1) is 14.5. The average Bonchev–Trinajstić information content (AvgIpc) is 2.99. The molecule has 0 radical (unpaired) electrons. The second kappa shape index (κ2) is 8.20. The maximum Gasteiger partial charge on any atom is 0.252 e. The summed E-state index contributed by atoms with van der Waals surface area (Å²) in [7, 11) is 0. The van der Waals surface area contributed by atoms with Crippen LogP contribution in [0.2, 0.25) is 0 Å². The Morgan fingerprint density at radius 1 is 1.27 bits per heavy atom. The molecule has 0 aliphatic carbocycles. The molecule has 156 valence electrons. The van der Waals surface area contributed by atoms with Crippen molar-refractivity contribution in [3.05, 3.63) is 29.5 Å². The van der Waals surface area contributed by atoms with Gasteiger partial charge >= 0.3 is 0 Å². The molecule has 1 aromatic heterocycles. The van der Waals surface area contributed by atoms with Crippen LogP contribution in [-0.2, 0) is 9.53 Å². The SMILES string of the molecule is CC#Cc1cnc2c3cc(c(C(N)=O)cc13)OCCOCN1C(=O)C[C@@H](C)[C@H]1CO2. The Morgan fingerprint density at radius 2 is 2.10 bits per heavy atom. The van der Waals surface area contributed by atoms with Crippen molar-refractivity contribution in [2.45, 2.75) is 26.3 Å². The number of pyridine rings is 1. The van der Waals surface area contributed by atoms with Crippen LogP contribution in [0.4, 0.5) is 0 Å². The lowest BCUT2D eigenvalue weighted by molar-refractivity contribution is -0.135. The van der Waals surface area contributed by atoms with Gasteiger partial charge in [-0.15, -0.1) is 5.92 Å². The Hall–Kier alpha value is -3.31. The van der Waals surface area contributed by atoms with Gasteiger partial charge in [-0.05, 0) is 25.0 Å². The third-order valence-electron chi connectivity index (χ3n) is 5.46. The van der Waals surface area contributed by atoms with E-state index in [1.807, 2.05) is 6.92 Å². The molecule has 1 fully saturated rings. The van der Waals surface area contributed by atoms with Crippen molar-refractivity contribution in [2.75, 3.05) is 26.6 Å². The molecule has 1 saturated heterocycles. The third kappa shape index (κ3) is 3.64. The monoisotopic (exact) mass is 409 g/mol. The van der Waals surface area contributed by atoms with E-state index in [0.717, 1.165) is 0 Å². The molecule has 2 aliphatic rings. The molecular weight excluding hydrogens is 386 g/mol. The highest BCUT2D eigenvalue weighted by molar-refractivity contribution is 6.03. The fourth-order valence-corrected chi connectivity index (χ4v) is 3.88. The number of aromatic nitrogens is 1. The summed E-state index contributed by atoms with van der Waals surface area (Å²) in [6, 6.07) is 3.25.